The Morgan fingerprint density at radius 2 is 2.31 bits per heavy atom. The zero-order valence-electron chi connectivity index (χ0n) is 9.43. The molecule has 1 aromatic carbocycles. The van der Waals surface area contributed by atoms with Gasteiger partial charge in [-0.2, -0.15) is 0 Å². The average molecular weight is 216 g/mol. The van der Waals surface area contributed by atoms with Gasteiger partial charge in [0, 0.05) is 0 Å². The fraction of sp³-hybridized carbons (Fsp3) is 0.500. The van der Waals surface area contributed by atoms with Crippen LogP contribution in [0.15, 0.2) is 18.2 Å². The third kappa shape index (κ3) is 1.41. The molecule has 1 atom stereocenters. The molecule has 1 aliphatic carbocycles. The number of hydrogen-bond acceptors (Lipinski definition) is 3. The molecule has 0 amide bonds. The third-order valence-corrected chi connectivity index (χ3v) is 3.31. The molecule has 3 rings (SSSR count). The van der Waals surface area contributed by atoms with Gasteiger partial charge in [-0.05, 0) is 36.9 Å². The van der Waals surface area contributed by atoms with Crippen molar-refractivity contribution in [3.8, 4) is 0 Å². The quantitative estimate of drug-likeness (QED) is 0.851. The van der Waals surface area contributed by atoms with Gasteiger partial charge in [0.25, 0.3) is 0 Å². The van der Waals surface area contributed by atoms with E-state index in [0.717, 1.165) is 11.0 Å². The maximum atomic E-state index is 5.72. The first kappa shape index (κ1) is 9.78. The molecule has 2 N–H and O–H groups in total. The van der Waals surface area contributed by atoms with E-state index in [1.165, 1.54) is 18.4 Å². The summed E-state index contributed by atoms with van der Waals surface area (Å²) in [5.74, 6) is 0.341. The highest BCUT2D eigenvalue weighted by molar-refractivity contribution is 5.78. The van der Waals surface area contributed by atoms with Crippen LogP contribution >= 0.6 is 0 Å². The molecule has 84 valence electrons. The zero-order valence-corrected chi connectivity index (χ0v) is 9.43. The van der Waals surface area contributed by atoms with Crippen LogP contribution < -0.4 is 5.73 Å². The van der Waals surface area contributed by atoms with Crippen molar-refractivity contribution < 1.29 is 0 Å². The van der Waals surface area contributed by atoms with Crippen LogP contribution in [0.5, 0.6) is 0 Å². The fourth-order valence-corrected chi connectivity index (χ4v) is 2.10. The van der Waals surface area contributed by atoms with Gasteiger partial charge in [0.15, 0.2) is 0 Å². The minimum Gasteiger partial charge on any atom is -0.330 e. The van der Waals surface area contributed by atoms with Gasteiger partial charge >= 0.3 is 0 Å². The summed E-state index contributed by atoms with van der Waals surface area (Å²) >= 11 is 0. The van der Waals surface area contributed by atoms with Crippen molar-refractivity contribution in [1.29, 1.82) is 0 Å². The Morgan fingerprint density at radius 3 is 3.00 bits per heavy atom. The van der Waals surface area contributed by atoms with E-state index >= 15 is 0 Å². The monoisotopic (exact) mass is 216 g/mol. The molecule has 16 heavy (non-hydrogen) atoms. The van der Waals surface area contributed by atoms with Gasteiger partial charge < -0.3 is 5.73 Å². The highest BCUT2D eigenvalue weighted by atomic mass is 15.4. The van der Waals surface area contributed by atoms with E-state index in [2.05, 4.69) is 40.1 Å². The normalized spacial score (nSPS) is 17.9. The molecule has 0 spiro atoms. The minimum atomic E-state index is 0.341. The number of hydrogen-bond donors (Lipinski definition) is 1. The maximum absolute atomic E-state index is 5.72. The number of rotatable bonds is 3. The van der Waals surface area contributed by atoms with E-state index in [0.29, 0.717) is 18.5 Å². The number of fused-ring (bicyclic) bond motifs is 1. The Hall–Kier alpha value is -1.42. The van der Waals surface area contributed by atoms with Crippen molar-refractivity contribution in [3.63, 3.8) is 0 Å². The second-order valence-corrected chi connectivity index (χ2v) is 4.62. The van der Waals surface area contributed by atoms with Crippen molar-refractivity contribution in [1.82, 2.24) is 15.0 Å². The van der Waals surface area contributed by atoms with Crippen molar-refractivity contribution >= 4 is 11.0 Å². The molecule has 1 unspecified atom stereocenters. The van der Waals surface area contributed by atoms with Crippen LogP contribution in [-0.2, 0) is 0 Å². The van der Waals surface area contributed by atoms with Gasteiger partial charge in [0.2, 0.25) is 0 Å². The molecule has 1 heterocycles. The molecule has 1 fully saturated rings. The largest absolute Gasteiger partial charge is 0.330 e. The van der Waals surface area contributed by atoms with E-state index < -0.39 is 0 Å². The molecule has 1 aliphatic rings. The van der Waals surface area contributed by atoms with Crippen LogP contribution in [0.1, 0.15) is 37.3 Å². The molecular weight excluding hydrogens is 200 g/mol. The minimum absolute atomic E-state index is 0.341. The predicted molar refractivity (Wildman–Crippen MR) is 63.3 cm³/mol. The molecule has 0 bridgehead atoms. The van der Waals surface area contributed by atoms with E-state index in [1.54, 1.807) is 0 Å². The average Bonchev–Trinajstić information content (AvgIpc) is 3.07. The van der Waals surface area contributed by atoms with Gasteiger partial charge in [-0.15, -0.1) is 5.10 Å². The Morgan fingerprint density at radius 1 is 1.50 bits per heavy atom. The van der Waals surface area contributed by atoms with Crippen LogP contribution in [0.3, 0.4) is 0 Å². The fourth-order valence-electron chi connectivity index (χ4n) is 2.10. The smallest absolute Gasteiger partial charge is 0.116 e. The molecule has 2 aromatic rings. The summed E-state index contributed by atoms with van der Waals surface area (Å²) in [4.78, 5) is 0. The van der Waals surface area contributed by atoms with Crippen molar-refractivity contribution in [3.05, 3.63) is 23.8 Å². The number of nitrogens with zero attached hydrogens (tertiary/aromatic N) is 3. The van der Waals surface area contributed by atoms with Crippen molar-refractivity contribution in [2.75, 3.05) is 6.54 Å². The van der Waals surface area contributed by atoms with E-state index in [1.807, 2.05) is 0 Å². The topological polar surface area (TPSA) is 56.7 Å². The van der Waals surface area contributed by atoms with Crippen LogP contribution in [0.25, 0.3) is 11.0 Å². The second kappa shape index (κ2) is 3.56. The van der Waals surface area contributed by atoms with Crippen LogP contribution in [0.2, 0.25) is 0 Å². The number of benzene rings is 1. The lowest BCUT2D eigenvalue weighted by atomic mass is 10.00. The standard InChI is InChI=1S/C12H16N4/c1-8(7-13)10-3-2-4-11-12(10)14-15-16(11)9-5-6-9/h2-4,8-9H,5-7,13H2,1H3. The van der Waals surface area contributed by atoms with Gasteiger partial charge in [-0.25, -0.2) is 4.68 Å². The molecule has 1 saturated carbocycles. The molecule has 0 radical (unpaired) electrons. The number of aromatic nitrogens is 3. The number of nitrogens with two attached hydrogens (primary N) is 1. The summed E-state index contributed by atoms with van der Waals surface area (Å²) in [7, 11) is 0. The Labute approximate surface area is 94.4 Å². The van der Waals surface area contributed by atoms with Crippen LogP contribution in [-0.4, -0.2) is 21.5 Å². The summed E-state index contributed by atoms with van der Waals surface area (Å²) in [6, 6.07) is 6.85. The summed E-state index contributed by atoms with van der Waals surface area (Å²) < 4.78 is 2.06. The lowest BCUT2D eigenvalue weighted by Crippen LogP contribution is -2.09. The maximum Gasteiger partial charge on any atom is 0.116 e. The lowest BCUT2D eigenvalue weighted by molar-refractivity contribution is 0.630. The summed E-state index contributed by atoms with van der Waals surface area (Å²) in [5.41, 5.74) is 9.11. The van der Waals surface area contributed by atoms with Crippen LogP contribution in [0.4, 0.5) is 0 Å². The van der Waals surface area contributed by atoms with Gasteiger partial charge in [0.1, 0.15) is 5.52 Å². The molecule has 0 aliphatic heterocycles. The highest BCUT2D eigenvalue weighted by Gasteiger charge is 2.27. The first-order valence-corrected chi connectivity index (χ1v) is 5.85. The van der Waals surface area contributed by atoms with Crippen molar-refractivity contribution in [2.24, 2.45) is 5.73 Å². The first-order valence-electron chi connectivity index (χ1n) is 5.85. The Kier molecular flexibility index (Phi) is 2.17. The molecule has 0 saturated heterocycles. The predicted octanol–water partition coefficient (Wildman–Crippen LogP) is 1.83. The highest BCUT2D eigenvalue weighted by Crippen LogP contribution is 2.36. The third-order valence-electron chi connectivity index (χ3n) is 3.31. The van der Waals surface area contributed by atoms with E-state index in [4.69, 9.17) is 5.73 Å². The SMILES string of the molecule is CC(CN)c1cccc2c1nnn2C1CC1. The summed E-state index contributed by atoms with van der Waals surface area (Å²) in [6.45, 7) is 2.78. The van der Waals surface area contributed by atoms with Gasteiger partial charge in [0.05, 0.1) is 11.6 Å². The van der Waals surface area contributed by atoms with Gasteiger partial charge in [-0.1, -0.05) is 24.3 Å². The molecule has 1 aromatic heterocycles. The Bertz CT molecular complexity index is 513. The van der Waals surface area contributed by atoms with Crippen molar-refractivity contribution in [2.45, 2.75) is 31.7 Å². The van der Waals surface area contributed by atoms with E-state index in [-0.39, 0.29) is 0 Å². The zero-order chi connectivity index (χ0) is 11.1. The van der Waals surface area contributed by atoms with Crippen LogP contribution in [0, 0.1) is 0 Å². The van der Waals surface area contributed by atoms with E-state index in [9.17, 15) is 0 Å². The molecule has 4 nitrogen and oxygen atoms in total. The second-order valence-electron chi connectivity index (χ2n) is 4.62. The van der Waals surface area contributed by atoms with Gasteiger partial charge in [-0.3, -0.25) is 0 Å². The summed E-state index contributed by atoms with van der Waals surface area (Å²) in [6.07, 6.45) is 2.46. The molecule has 4 heteroatoms. The summed E-state index contributed by atoms with van der Waals surface area (Å²) in [5, 5.41) is 8.57. The lowest BCUT2D eigenvalue weighted by Gasteiger charge is -2.08. The Balaban J connectivity index is 2.16. The molecular formula is C12H16N4. The first-order chi connectivity index (χ1) is 7.81.